The Morgan fingerprint density at radius 3 is 2.83 bits per heavy atom. The number of ether oxygens (including phenoxy) is 1. The molecule has 1 heterocycles. The Kier molecular flexibility index (Phi) is 5.55. The number of carbonyl (C=O) groups is 1. The van der Waals surface area contributed by atoms with E-state index in [1.54, 1.807) is 12.3 Å². The zero-order chi connectivity index (χ0) is 13.5. The van der Waals surface area contributed by atoms with E-state index in [1.165, 1.54) is 7.11 Å². The predicted molar refractivity (Wildman–Crippen MR) is 70.5 cm³/mol. The zero-order valence-corrected chi connectivity index (χ0v) is 11.4. The first kappa shape index (κ1) is 14.4. The molecule has 0 spiro atoms. The van der Waals surface area contributed by atoms with Gasteiger partial charge in [-0.15, -0.1) is 0 Å². The Hall–Kier alpha value is -1.65. The van der Waals surface area contributed by atoms with Gasteiger partial charge in [0, 0.05) is 12.2 Å². The number of esters is 1. The molecule has 0 radical (unpaired) electrons. The molecule has 0 fully saturated rings. The van der Waals surface area contributed by atoms with Crippen LogP contribution in [0.25, 0.3) is 0 Å². The summed E-state index contributed by atoms with van der Waals surface area (Å²) in [5.74, 6) is 0.877. The average molecular weight is 251 g/mol. The molecule has 0 bridgehead atoms. The molecule has 1 aromatic heterocycles. The summed E-state index contributed by atoms with van der Waals surface area (Å²) in [6, 6.07) is 2.06. The van der Waals surface area contributed by atoms with E-state index >= 15 is 0 Å². The highest BCUT2D eigenvalue weighted by Gasteiger charge is 2.11. The van der Waals surface area contributed by atoms with E-state index in [-0.39, 0.29) is 5.82 Å². The quantitative estimate of drug-likeness (QED) is 0.787. The zero-order valence-electron chi connectivity index (χ0n) is 11.4. The van der Waals surface area contributed by atoms with Gasteiger partial charge in [0.1, 0.15) is 5.82 Å². The summed E-state index contributed by atoms with van der Waals surface area (Å²) in [6.07, 6.45) is 3.77. The Bertz CT molecular complexity index is 396. The van der Waals surface area contributed by atoms with Gasteiger partial charge >= 0.3 is 5.97 Å². The van der Waals surface area contributed by atoms with Crippen molar-refractivity contribution in [1.82, 2.24) is 9.97 Å². The number of aromatic nitrogens is 2. The fourth-order valence-electron chi connectivity index (χ4n) is 1.71. The lowest BCUT2D eigenvalue weighted by Crippen LogP contribution is -2.20. The third-order valence-electron chi connectivity index (χ3n) is 2.87. The van der Waals surface area contributed by atoms with Gasteiger partial charge in [0.15, 0.2) is 0 Å². The maximum Gasteiger partial charge on any atom is 0.376 e. The molecule has 1 aromatic rings. The summed E-state index contributed by atoms with van der Waals surface area (Å²) in [6.45, 7) is 6.50. The molecule has 1 N–H and O–H groups in total. The predicted octanol–water partition coefficient (Wildman–Crippen LogP) is 2.50. The van der Waals surface area contributed by atoms with Crippen LogP contribution in [0.5, 0.6) is 0 Å². The second kappa shape index (κ2) is 6.93. The van der Waals surface area contributed by atoms with E-state index in [9.17, 15) is 4.79 Å². The molecule has 100 valence electrons. The molecule has 5 heteroatoms. The van der Waals surface area contributed by atoms with E-state index in [0.29, 0.717) is 17.8 Å². The van der Waals surface area contributed by atoms with Crippen LogP contribution in [0.2, 0.25) is 0 Å². The SMILES string of the molecule is CCC(C)CC(C)Nc1ccnc(C(=O)OC)n1. The number of carbonyl (C=O) groups excluding carboxylic acids is 1. The molecule has 0 aromatic carbocycles. The molecule has 0 aliphatic carbocycles. The van der Waals surface area contributed by atoms with E-state index in [4.69, 9.17) is 0 Å². The number of hydrogen-bond acceptors (Lipinski definition) is 5. The van der Waals surface area contributed by atoms with Crippen molar-refractivity contribution < 1.29 is 9.53 Å². The summed E-state index contributed by atoms with van der Waals surface area (Å²) in [5, 5.41) is 3.27. The van der Waals surface area contributed by atoms with Gasteiger partial charge in [0.25, 0.3) is 0 Å². The summed E-state index contributed by atoms with van der Waals surface area (Å²) < 4.78 is 4.59. The van der Waals surface area contributed by atoms with Gasteiger partial charge in [-0.2, -0.15) is 0 Å². The van der Waals surface area contributed by atoms with Gasteiger partial charge in [0.2, 0.25) is 5.82 Å². The van der Waals surface area contributed by atoms with E-state index in [2.05, 4.69) is 40.8 Å². The molecule has 5 nitrogen and oxygen atoms in total. The van der Waals surface area contributed by atoms with Crippen molar-refractivity contribution in [2.24, 2.45) is 5.92 Å². The van der Waals surface area contributed by atoms with Crippen LogP contribution in [0, 0.1) is 5.92 Å². The Morgan fingerprint density at radius 2 is 2.22 bits per heavy atom. The number of anilines is 1. The first-order chi connectivity index (χ1) is 8.56. The molecule has 2 unspecified atom stereocenters. The van der Waals surface area contributed by atoms with Crippen molar-refractivity contribution in [3.63, 3.8) is 0 Å². The molecule has 0 saturated carbocycles. The first-order valence-corrected chi connectivity index (χ1v) is 6.24. The molecular weight excluding hydrogens is 230 g/mol. The van der Waals surface area contributed by atoms with Crippen LogP contribution >= 0.6 is 0 Å². The second-order valence-electron chi connectivity index (χ2n) is 4.55. The lowest BCUT2D eigenvalue weighted by molar-refractivity contribution is 0.0587. The topological polar surface area (TPSA) is 64.1 Å². The van der Waals surface area contributed by atoms with Gasteiger partial charge in [-0.3, -0.25) is 0 Å². The van der Waals surface area contributed by atoms with Gasteiger partial charge in [-0.25, -0.2) is 14.8 Å². The highest BCUT2D eigenvalue weighted by Crippen LogP contribution is 2.13. The van der Waals surface area contributed by atoms with Crippen LogP contribution in [0.3, 0.4) is 0 Å². The number of methoxy groups -OCH3 is 1. The summed E-state index contributed by atoms with van der Waals surface area (Å²) >= 11 is 0. The van der Waals surface area contributed by atoms with Gasteiger partial charge < -0.3 is 10.1 Å². The van der Waals surface area contributed by atoms with Crippen molar-refractivity contribution in [3.8, 4) is 0 Å². The maximum atomic E-state index is 11.3. The normalized spacial score (nSPS) is 13.8. The highest BCUT2D eigenvalue weighted by molar-refractivity contribution is 5.85. The van der Waals surface area contributed by atoms with Crippen LogP contribution in [0.15, 0.2) is 12.3 Å². The fraction of sp³-hybridized carbons (Fsp3) is 0.615. The Balaban J connectivity index is 2.64. The van der Waals surface area contributed by atoms with Crippen molar-refractivity contribution in [2.45, 2.75) is 39.7 Å². The lowest BCUT2D eigenvalue weighted by Gasteiger charge is -2.18. The van der Waals surface area contributed by atoms with Crippen LogP contribution in [-0.4, -0.2) is 29.1 Å². The standard InChI is InChI=1S/C13H21N3O2/c1-5-9(2)8-10(3)15-11-6-7-14-12(16-11)13(17)18-4/h6-7,9-10H,5,8H2,1-4H3,(H,14,15,16). The lowest BCUT2D eigenvalue weighted by atomic mass is 10.0. The van der Waals surface area contributed by atoms with E-state index in [0.717, 1.165) is 12.8 Å². The minimum Gasteiger partial charge on any atom is -0.463 e. The van der Waals surface area contributed by atoms with Crippen molar-refractivity contribution in [3.05, 3.63) is 18.1 Å². The number of nitrogens with one attached hydrogen (secondary N) is 1. The molecule has 0 saturated heterocycles. The minimum absolute atomic E-state index is 0.0817. The summed E-state index contributed by atoms with van der Waals surface area (Å²) in [5.41, 5.74) is 0. The highest BCUT2D eigenvalue weighted by atomic mass is 16.5. The van der Waals surface area contributed by atoms with Crippen molar-refractivity contribution >= 4 is 11.8 Å². The van der Waals surface area contributed by atoms with Crippen molar-refractivity contribution in [1.29, 1.82) is 0 Å². The monoisotopic (exact) mass is 251 g/mol. The molecule has 0 aliphatic heterocycles. The molecule has 0 aliphatic rings. The van der Waals surface area contributed by atoms with E-state index in [1.807, 2.05) is 0 Å². The Morgan fingerprint density at radius 1 is 1.50 bits per heavy atom. The summed E-state index contributed by atoms with van der Waals surface area (Å²) in [4.78, 5) is 19.3. The molecule has 0 amide bonds. The van der Waals surface area contributed by atoms with E-state index < -0.39 is 5.97 Å². The van der Waals surface area contributed by atoms with Gasteiger partial charge in [0.05, 0.1) is 7.11 Å². The van der Waals surface area contributed by atoms with Crippen LogP contribution < -0.4 is 5.32 Å². The fourth-order valence-corrected chi connectivity index (χ4v) is 1.71. The van der Waals surface area contributed by atoms with Crippen LogP contribution in [0.1, 0.15) is 44.2 Å². The van der Waals surface area contributed by atoms with Crippen molar-refractivity contribution in [2.75, 3.05) is 12.4 Å². The van der Waals surface area contributed by atoms with Crippen LogP contribution in [-0.2, 0) is 4.74 Å². The molecule has 18 heavy (non-hydrogen) atoms. The third kappa shape index (κ3) is 4.31. The van der Waals surface area contributed by atoms with Gasteiger partial charge in [-0.1, -0.05) is 20.3 Å². The minimum atomic E-state index is -0.520. The summed E-state index contributed by atoms with van der Waals surface area (Å²) in [7, 11) is 1.32. The molecule has 1 rings (SSSR count). The second-order valence-corrected chi connectivity index (χ2v) is 4.55. The maximum absolute atomic E-state index is 11.3. The smallest absolute Gasteiger partial charge is 0.376 e. The molecule has 2 atom stereocenters. The number of rotatable bonds is 6. The molecular formula is C13H21N3O2. The largest absolute Gasteiger partial charge is 0.463 e. The number of nitrogens with zero attached hydrogens (tertiary/aromatic N) is 2. The van der Waals surface area contributed by atoms with Gasteiger partial charge in [-0.05, 0) is 25.3 Å². The third-order valence-corrected chi connectivity index (χ3v) is 2.87. The number of hydrogen-bond donors (Lipinski definition) is 1. The average Bonchev–Trinajstić information content (AvgIpc) is 2.37. The first-order valence-electron chi connectivity index (χ1n) is 6.24. The van der Waals surface area contributed by atoms with Crippen LogP contribution in [0.4, 0.5) is 5.82 Å². The Labute approximate surface area is 108 Å².